The van der Waals surface area contributed by atoms with Crippen LogP contribution in [0.2, 0.25) is 0 Å². The molecule has 20 heavy (non-hydrogen) atoms. The van der Waals surface area contributed by atoms with Gasteiger partial charge in [0.05, 0.1) is 6.04 Å². The van der Waals surface area contributed by atoms with Crippen molar-refractivity contribution >= 4 is 6.01 Å². The zero-order valence-corrected chi connectivity index (χ0v) is 12.0. The van der Waals surface area contributed by atoms with Crippen molar-refractivity contribution in [3.8, 4) is 0 Å². The maximum absolute atomic E-state index is 5.80. The highest BCUT2D eigenvalue weighted by Crippen LogP contribution is 2.27. The number of nitrogens with one attached hydrogen (secondary N) is 1. The lowest BCUT2D eigenvalue weighted by atomic mass is 10.1. The van der Waals surface area contributed by atoms with Gasteiger partial charge in [-0.25, -0.2) is 0 Å². The van der Waals surface area contributed by atoms with Crippen LogP contribution in [0.3, 0.4) is 0 Å². The summed E-state index contributed by atoms with van der Waals surface area (Å²) in [5.74, 6) is 0.657. The Hall–Kier alpha value is -1.88. The highest BCUT2D eigenvalue weighted by molar-refractivity contribution is 5.41. The summed E-state index contributed by atoms with van der Waals surface area (Å²) in [6, 6.07) is 9.15. The summed E-state index contributed by atoms with van der Waals surface area (Å²) in [5, 5.41) is 11.7. The van der Waals surface area contributed by atoms with E-state index >= 15 is 0 Å². The van der Waals surface area contributed by atoms with E-state index in [1.54, 1.807) is 0 Å². The molecule has 3 rings (SSSR count). The first-order valence-electron chi connectivity index (χ1n) is 7.16. The molecule has 1 unspecified atom stereocenters. The second-order valence-electron chi connectivity index (χ2n) is 5.22. The molecule has 1 aromatic carbocycles. The van der Waals surface area contributed by atoms with Crippen molar-refractivity contribution in [3.63, 3.8) is 0 Å². The largest absolute Gasteiger partial charge is 0.406 e. The van der Waals surface area contributed by atoms with Crippen LogP contribution in [-0.2, 0) is 13.1 Å². The van der Waals surface area contributed by atoms with Crippen LogP contribution in [0.4, 0.5) is 6.01 Å². The third kappa shape index (κ3) is 2.54. The lowest BCUT2D eigenvalue weighted by molar-refractivity contribution is 0.414. The average molecular weight is 272 g/mol. The molecule has 1 atom stereocenters. The topological polar surface area (TPSA) is 54.2 Å². The SMILES string of the molecule is CCCNC(C)c1nnc(N2Cc3ccccc3C2)o1. The van der Waals surface area contributed by atoms with Gasteiger partial charge in [-0.05, 0) is 31.0 Å². The van der Waals surface area contributed by atoms with Gasteiger partial charge >= 0.3 is 6.01 Å². The summed E-state index contributed by atoms with van der Waals surface area (Å²) in [6.07, 6.45) is 1.09. The van der Waals surface area contributed by atoms with Crippen molar-refractivity contribution < 1.29 is 4.42 Å². The molecule has 1 aliphatic rings. The maximum Gasteiger partial charge on any atom is 0.318 e. The molecule has 0 spiro atoms. The van der Waals surface area contributed by atoms with Gasteiger partial charge in [0, 0.05) is 13.1 Å². The smallest absolute Gasteiger partial charge is 0.318 e. The molecule has 2 heterocycles. The molecule has 0 saturated heterocycles. The number of hydrogen-bond donors (Lipinski definition) is 1. The Labute approximate surface area is 119 Å². The minimum Gasteiger partial charge on any atom is -0.406 e. The summed E-state index contributed by atoms with van der Waals surface area (Å²) in [7, 11) is 0. The number of anilines is 1. The lowest BCUT2D eigenvalue weighted by Crippen LogP contribution is -2.19. The summed E-state index contributed by atoms with van der Waals surface area (Å²) in [4.78, 5) is 2.12. The average Bonchev–Trinajstić information content (AvgIpc) is 3.10. The van der Waals surface area contributed by atoms with Crippen LogP contribution in [0.25, 0.3) is 0 Å². The van der Waals surface area contributed by atoms with Crippen LogP contribution < -0.4 is 10.2 Å². The van der Waals surface area contributed by atoms with Gasteiger partial charge in [-0.1, -0.05) is 36.3 Å². The Morgan fingerprint density at radius 3 is 2.60 bits per heavy atom. The minimum atomic E-state index is 0.0983. The first-order chi connectivity index (χ1) is 9.78. The van der Waals surface area contributed by atoms with Crippen LogP contribution in [0.5, 0.6) is 0 Å². The van der Waals surface area contributed by atoms with E-state index in [1.807, 2.05) is 6.92 Å². The number of benzene rings is 1. The van der Waals surface area contributed by atoms with Gasteiger partial charge in [-0.3, -0.25) is 0 Å². The number of aromatic nitrogens is 2. The summed E-state index contributed by atoms with van der Waals surface area (Å²) in [6.45, 7) is 6.82. The zero-order chi connectivity index (χ0) is 13.9. The summed E-state index contributed by atoms with van der Waals surface area (Å²) < 4.78 is 5.80. The predicted octanol–water partition coefficient (Wildman–Crippen LogP) is 2.65. The van der Waals surface area contributed by atoms with E-state index in [1.165, 1.54) is 11.1 Å². The molecule has 0 aliphatic carbocycles. The van der Waals surface area contributed by atoms with Gasteiger partial charge in [-0.15, -0.1) is 5.10 Å². The molecule has 1 aliphatic heterocycles. The lowest BCUT2D eigenvalue weighted by Gasteiger charge is -2.11. The van der Waals surface area contributed by atoms with Crippen molar-refractivity contribution in [2.24, 2.45) is 0 Å². The van der Waals surface area contributed by atoms with Gasteiger partial charge < -0.3 is 14.6 Å². The van der Waals surface area contributed by atoms with E-state index in [2.05, 4.69) is 51.6 Å². The molecule has 0 amide bonds. The molecule has 106 valence electrons. The van der Waals surface area contributed by atoms with E-state index in [0.717, 1.165) is 26.1 Å². The summed E-state index contributed by atoms with van der Waals surface area (Å²) in [5.41, 5.74) is 2.67. The Balaban J connectivity index is 1.69. The van der Waals surface area contributed by atoms with Gasteiger partial charge in [0.25, 0.3) is 0 Å². The predicted molar refractivity (Wildman–Crippen MR) is 77.3 cm³/mol. The van der Waals surface area contributed by atoms with Crippen LogP contribution in [0.15, 0.2) is 28.7 Å². The van der Waals surface area contributed by atoms with Crippen molar-refractivity contribution in [3.05, 3.63) is 41.3 Å². The van der Waals surface area contributed by atoms with Crippen molar-refractivity contribution in [1.29, 1.82) is 0 Å². The molecular weight excluding hydrogens is 252 g/mol. The Morgan fingerprint density at radius 1 is 1.25 bits per heavy atom. The quantitative estimate of drug-likeness (QED) is 0.907. The third-order valence-electron chi connectivity index (χ3n) is 3.61. The number of nitrogens with zero attached hydrogens (tertiary/aromatic N) is 3. The molecule has 0 saturated carbocycles. The molecule has 0 radical (unpaired) electrons. The summed E-state index contributed by atoms with van der Waals surface area (Å²) >= 11 is 0. The van der Waals surface area contributed by atoms with E-state index < -0.39 is 0 Å². The minimum absolute atomic E-state index is 0.0983. The fraction of sp³-hybridized carbons (Fsp3) is 0.467. The van der Waals surface area contributed by atoms with Crippen molar-refractivity contribution in [2.45, 2.75) is 39.4 Å². The van der Waals surface area contributed by atoms with E-state index in [4.69, 9.17) is 4.42 Å². The highest BCUT2D eigenvalue weighted by atomic mass is 16.4. The molecular formula is C15H20N4O. The Kier molecular flexibility index (Phi) is 3.69. The molecule has 0 fully saturated rings. The molecule has 1 N–H and O–H groups in total. The van der Waals surface area contributed by atoms with Gasteiger partial charge in [0.15, 0.2) is 0 Å². The maximum atomic E-state index is 5.80. The van der Waals surface area contributed by atoms with Crippen LogP contribution in [-0.4, -0.2) is 16.7 Å². The first-order valence-corrected chi connectivity index (χ1v) is 7.16. The van der Waals surface area contributed by atoms with Crippen molar-refractivity contribution in [2.75, 3.05) is 11.4 Å². The zero-order valence-electron chi connectivity index (χ0n) is 12.0. The van der Waals surface area contributed by atoms with Crippen LogP contribution >= 0.6 is 0 Å². The second kappa shape index (κ2) is 5.63. The standard InChI is InChI=1S/C15H20N4O/c1-3-8-16-11(2)14-17-18-15(20-14)19-9-12-6-4-5-7-13(12)10-19/h4-7,11,16H,3,8-10H2,1-2H3. The second-order valence-corrected chi connectivity index (χ2v) is 5.22. The number of hydrogen-bond acceptors (Lipinski definition) is 5. The number of fused-ring (bicyclic) bond motifs is 1. The molecule has 1 aromatic heterocycles. The van der Waals surface area contributed by atoms with Gasteiger partial charge in [0.1, 0.15) is 0 Å². The molecule has 0 bridgehead atoms. The molecule has 5 heteroatoms. The normalized spacial score (nSPS) is 15.4. The third-order valence-corrected chi connectivity index (χ3v) is 3.61. The fourth-order valence-electron chi connectivity index (χ4n) is 2.45. The van der Waals surface area contributed by atoms with E-state index in [9.17, 15) is 0 Å². The van der Waals surface area contributed by atoms with E-state index in [-0.39, 0.29) is 6.04 Å². The van der Waals surface area contributed by atoms with Gasteiger partial charge in [0.2, 0.25) is 5.89 Å². The van der Waals surface area contributed by atoms with Crippen LogP contribution in [0, 0.1) is 0 Å². The number of rotatable bonds is 5. The van der Waals surface area contributed by atoms with Gasteiger partial charge in [-0.2, -0.15) is 0 Å². The Morgan fingerprint density at radius 2 is 1.95 bits per heavy atom. The monoisotopic (exact) mass is 272 g/mol. The van der Waals surface area contributed by atoms with E-state index in [0.29, 0.717) is 11.9 Å². The Bertz CT molecular complexity index is 556. The molecule has 5 nitrogen and oxygen atoms in total. The first kappa shape index (κ1) is 13.1. The van der Waals surface area contributed by atoms with Crippen LogP contribution in [0.1, 0.15) is 43.3 Å². The highest BCUT2D eigenvalue weighted by Gasteiger charge is 2.24. The molecule has 2 aromatic rings. The fourth-order valence-corrected chi connectivity index (χ4v) is 2.45. The van der Waals surface area contributed by atoms with Crippen molar-refractivity contribution in [1.82, 2.24) is 15.5 Å².